The molecule has 0 bridgehead atoms. The van der Waals surface area contributed by atoms with Gasteiger partial charge in [0, 0.05) is 16.1 Å². The van der Waals surface area contributed by atoms with Crippen LogP contribution in [0, 0.1) is 5.92 Å². The number of aromatic amines is 1. The molecule has 1 aliphatic carbocycles. The zero-order valence-electron chi connectivity index (χ0n) is 17.2. The average Bonchev–Trinajstić information content (AvgIpc) is 3.49. The maximum absolute atomic E-state index is 12.5. The minimum atomic E-state index is -3.32. The molecule has 1 heterocycles. The number of fused-ring (bicyclic) bond motifs is 1. The van der Waals surface area contributed by atoms with Gasteiger partial charge in [0.25, 0.3) is 0 Å². The summed E-state index contributed by atoms with van der Waals surface area (Å²) in [6.07, 6.45) is 0.830. The standard InChI is InChI=1S/C24H19Cl3N2O3S/c25-17-4-2-1-3-16(17)20-18(26)11-19-22(21(20)27)29-24(28-19)23(30)14-7-9-15(10-8-14)33(31,32)12-13-5-6-13/h1-4,7-11,13,23,30H,5-6,12H2,(H,28,29). The van der Waals surface area contributed by atoms with Crippen molar-refractivity contribution in [2.75, 3.05) is 5.75 Å². The zero-order valence-corrected chi connectivity index (χ0v) is 20.3. The molecule has 5 nitrogen and oxygen atoms in total. The topological polar surface area (TPSA) is 83.1 Å². The van der Waals surface area contributed by atoms with Crippen LogP contribution in [0.4, 0.5) is 0 Å². The summed E-state index contributed by atoms with van der Waals surface area (Å²) in [5, 5.41) is 12.1. The van der Waals surface area contributed by atoms with E-state index < -0.39 is 15.9 Å². The van der Waals surface area contributed by atoms with Crippen molar-refractivity contribution in [1.82, 2.24) is 9.97 Å². The van der Waals surface area contributed by atoms with Crippen LogP contribution in [0.1, 0.15) is 30.3 Å². The van der Waals surface area contributed by atoms with E-state index in [0.717, 1.165) is 12.8 Å². The molecule has 0 saturated heterocycles. The van der Waals surface area contributed by atoms with Crippen molar-refractivity contribution < 1.29 is 13.5 Å². The van der Waals surface area contributed by atoms with Crippen LogP contribution >= 0.6 is 34.8 Å². The summed E-state index contributed by atoms with van der Waals surface area (Å²) in [5.74, 6) is 0.710. The number of hydrogen-bond donors (Lipinski definition) is 2. The summed E-state index contributed by atoms with van der Waals surface area (Å²) in [7, 11) is -3.32. The highest BCUT2D eigenvalue weighted by Gasteiger charge is 2.29. The number of halogens is 3. The van der Waals surface area contributed by atoms with Gasteiger partial charge in [-0.1, -0.05) is 65.1 Å². The second kappa shape index (κ2) is 8.60. The summed E-state index contributed by atoms with van der Waals surface area (Å²) in [4.78, 5) is 7.83. The number of imidazole rings is 1. The summed E-state index contributed by atoms with van der Waals surface area (Å²) >= 11 is 19.5. The van der Waals surface area contributed by atoms with Crippen molar-refractivity contribution in [3.8, 4) is 11.1 Å². The van der Waals surface area contributed by atoms with Crippen LogP contribution in [0.2, 0.25) is 15.1 Å². The molecule has 1 aliphatic rings. The number of hydrogen-bond acceptors (Lipinski definition) is 4. The van der Waals surface area contributed by atoms with Gasteiger partial charge in [-0.05, 0) is 48.6 Å². The first kappa shape index (κ1) is 22.7. The van der Waals surface area contributed by atoms with Crippen molar-refractivity contribution >= 4 is 55.7 Å². The fourth-order valence-corrected chi connectivity index (χ4v) is 6.48. The molecule has 170 valence electrons. The van der Waals surface area contributed by atoms with E-state index in [2.05, 4.69) is 9.97 Å². The van der Waals surface area contributed by atoms with Gasteiger partial charge in [0.2, 0.25) is 0 Å². The summed E-state index contributed by atoms with van der Waals surface area (Å²) in [5.41, 5.74) is 2.78. The van der Waals surface area contributed by atoms with Gasteiger partial charge in [0.05, 0.1) is 26.2 Å². The summed E-state index contributed by atoms with van der Waals surface area (Å²) < 4.78 is 25.0. The van der Waals surface area contributed by atoms with Gasteiger partial charge in [0.1, 0.15) is 17.4 Å². The van der Waals surface area contributed by atoms with Gasteiger partial charge in [-0.3, -0.25) is 0 Å². The maximum Gasteiger partial charge on any atom is 0.178 e. The number of nitrogens with one attached hydrogen (secondary N) is 1. The van der Waals surface area contributed by atoms with Crippen molar-refractivity contribution in [3.05, 3.63) is 81.1 Å². The molecule has 0 radical (unpaired) electrons. The van der Waals surface area contributed by atoms with Crippen LogP contribution in [-0.4, -0.2) is 29.2 Å². The molecule has 33 heavy (non-hydrogen) atoms. The second-order valence-electron chi connectivity index (χ2n) is 8.24. The Kier molecular flexibility index (Phi) is 5.91. The van der Waals surface area contributed by atoms with E-state index in [1.54, 1.807) is 24.3 Å². The van der Waals surface area contributed by atoms with Crippen molar-refractivity contribution in [2.45, 2.75) is 23.8 Å². The fraction of sp³-hybridized carbons (Fsp3) is 0.208. The lowest BCUT2D eigenvalue weighted by atomic mass is 10.0. The van der Waals surface area contributed by atoms with Gasteiger partial charge >= 0.3 is 0 Å². The summed E-state index contributed by atoms with van der Waals surface area (Å²) in [6.45, 7) is 0. The molecule has 2 N–H and O–H groups in total. The quantitative estimate of drug-likeness (QED) is 0.305. The van der Waals surface area contributed by atoms with E-state index in [9.17, 15) is 13.5 Å². The number of aliphatic hydroxyl groups excluding tert-OH is 1. The molecule has 1 atom stereocenters. The molecule has 9 heteroatoms. The highest BCUT2D eigenvalue weighted by Crippen LogP contribution is 2.42. The maximum atomic E-state index is 12.5. The van der Waals surface area contributed by atoms with E-state index in [1.807, 2.05) is 18.2 Å². The lowest BCUT2D eigenvalue weighted by molar-refractivity contribution is 0.211. The molecule has 1 aromatic heterocycles. The van der Waals surface area contributed by atoms with Gasteiger partial charge in [-0.2, -0.15) is 0 Å². The zero-order chi connectivity index (χ0) is 23.3. The van der Waals surface area contributed by atoms with Crippen LogP contribution in [0.15, 0.2) is 59.5 Å². The van der Waals surface area contributed by atoms with Crippen molar-refractivity contribution in [2.24, 2.45) is 5.92 Å². The third-order valence-electron chi connectivity index (χ3n) is 5.80. The molecular formula is C24H19Cl3N2O3S. The first-order valence-electron chi connectivity index (χ1n) is 10.4. The molecular weight excluding hydrogens is 503 g/mol. The van der Waals surface area contributed by atoms with Gasteiger partial charge in [0.15, 0.2) is 9.84 Å². The third kappa shape index (κ3) is 4.38. The van der Waals surface area contributed by atoms with Crippen LogP contribution in [0.5, 0.6) is 0 Å². The first-order chi connectivity index (χ1) is 15.7. The summed E-state index contributed by atoms with van der Waals surface area (Å²) in [6, 6.07) is 15.2. The number of sulfone groups is 1. The van der Waals surface area contributed by atoms with E-state index in [1.165, 1.54) is 12.1 Å². The van der Waals surface area contributed by atoms with Crippen molar-refractivity contribution in [3.63, 3.8) is 0 Å². The molecule has 4 aromatic rings. The highest BCUT2D eigenvalue weighted by molar-refractivity contribution is 7.91. The third-order valence-corrected chi connectivity index (χ3v) is 8.69. The Balaban J connectivity index is 1.49. The van der Waals surface area contributed by atoms with Crippen LogP contribution in [0.25, 0.3) is 22.2 Å². The van der Waals surface area contributed by atoms with Crippen molar-refractivity contribution in [1.29, 1.82) is 0 Å². The Morgan fingerprint density at radius 2 is 1.73 bits per heavy atom. The lowest BCUT2D eigenvalue weighted by Crippen LogP contribution is -2.09. The predicted molar refractivity (Wildman–Crippen MR) is 132 cm³/mol. The van der Waals surface area contributed by atoms with Gasteiger partial charge < -0.3 is 10.1 Å². The predicted octanol–water partition coefficient (Wildman–Crippen LogP) is 6.46. The number of rotatable bonds is 6. The smallest absolute Gasteiger partial charge is 0.178 e. The number of benzene rings is 3. The molecule has 0 aliphatic heterocycles. The van der Waals surface area contributed by atoms with Crippen LogP contribution in [0.3, 0.4) is 0 Å². The van der Waals surface area contributed by atoms with E-state index in [-0.39, 0.29) is 22.4 Å². The Bertz CT molecular complexity index is 1460. The number of aromatic nitrogens is 2. The Labute approximate surface area is 206 Å². The average molecular weight is 522 g/mol. The fourth-order valence-electron chi connectivity index (χ4n) is 3.85. The molecule has 1 fully saturated rings. The van der Waals surface area contributed by atoms with E-state index >= 15 is 0 Å². The number of nitrogens with zero attached hydrogens (tertiary/aromatic N) is 1. The minimum absolute atomic E-state index is 0.172. The Morgan fingerprint density at radius 3 is 2.39 bits per heavy atom. The van der Waals surface area contributed by atoms with Gasteiger partial charge in [-0.15, -0.1) is 0 Å². The van der Waals surface area contributed by atoms with Gasteiger partial charge in [-0.25, -0.2) is 13.4 Å². The van der Waals surface area contributed by atoms with Crippen LogP contribution in [-0.2, 0) is 9.84 Å². The highest BCUT2D eigenvalue weighted by atomic mass is 35.5. The molecule has 1 saturated carbocycles. The largest absolute Gasteiger partial charge is 0.380 e. The van der Waals surface area contributed by atoms with E-state index in [4.69, 9.17) is 34.8 Å². The number of aliphatic hydroxyl groups is 1. The molecule has 0 amide bonds. The Hall–Kier alpha value is -2.09. The normalized spacial score (nSPS) is 15.2. The SMILES string of the molecule is O=S(=O)(CC1CC1)c1ccc(C(O)c2nc3c(Cl)c(-c4ccccc4Cl)c(Cl)cc3[nH]2)cc1. The molecule has 3 aromatic carbocycles. The Morgan fingerprint density at radius 1 is 1.03 bits per heavy atom. The second-order valence-corrected chi connectivity index (χ2v) is 11.5. The van der Waals surface area contributed by atoms with E-state index in [0.29, 0.717) is 42.8 Å². The minimum Gasteiger partial charge on any atom is -0.380 e. The molecule has 0 spiro atoms. The molecule has 1 unspecified atom stereocenters. The first-order valence-corrected chi connectivity index (χ1v) is 13.2. The lowest BCUT2D eigenvalue weighted by Gasteiger charge is -2.10. The van der Waals surface area contributed by atoms with Crippen LogP contribution < -0.4 is 0 Å². The molecule has 5 rings (SSSR count). The number of H-pyrrole nitrogens is 1. The monoisotopic (exact) mass is 520 g/mol.